The van der Waals surface area contributed by atoms with E-state index in [-0.39, 0.29) is 28.2 Å². The van der Waals surface area contributed by atoms with E-state index >= 15 is 0 Å². The van der Waals surface area contributed by atoms with Gasteiger partial charge in [0.15, 0.2) is 5.75 Å². The summed E-state index contributed by atoms with van der Waals surface area (Å²) in [5, 5.41) is 13.6. The molecule has 3 aromatic carbocycles. The molecule has 0 heterocycles. The van der Waals surface area contributed by atoms with Gasteiger partial charge in [-0.3, -0.25) is 0 Å². The van der Waals surface area contributed by atoms with Crippen LogP contribution in [0.15, 0.2) is 54.6 Å². The second kappa shape index (κ2) is 8.70. The lowest BCUT2D eigenvalue weighted by Crippen LogP contribution is -2.05. The third kappa shape index (κ3) is 4.98. The first-order valence-corrected chi connectivity index (χ1v) is 9.14. The van der Waals surface area contributed by atoms with Crippen LogP contribution in [-0.4, -0.2) is 5.11 Å². The van der Waals surface area contributed by atoms with E-state index in [4.69, 9.17) is 39.5 Å². The Balaban J connectivity index is 1.75. The minimum atomic E-state index is -0.320. The summed E-state index contributed by atoms with van der Waals surface area (Å²) in [5.74, 6) is 0.0891. The van der Waals surface area contributed by atoms with Crippen molar-refractivity contribution < 1.29 is 14.2 Å². The van der Waals surface area contributed by atoms with E-state index in [1.807, 2.05) is 0 Å². The second-order valence-corrected chi connectivity index (χ2v) is 7.03. The molecule has 0 atom stereocenters. The molecule has 0 aromatic heterocycles. The summed E-state index contributed by atoms with van der Waals surface area (Å²) >= 11 is 18.0. The smallest absolute Gasteiger partial charge is 0.152 e. The van der Waals surface area contributed by atoms with Gasteiger partial charge in [-0.05, 0) is 36.4 Å². The monoisotopic (exact) mass is 425 g/mol. The largest absolute Gasteiger partial charge is 0.505 e. The van der Waals surface area contributed by atoms with Gasteiger partial charge in [0.05, 0.1) is 10.0 Å². The van der Waals surface area contributed by atoms with Gasteiger partial charge in [0.25, 0.3) is 0 Å². The molecule has 0 spiro atoms. The van der Waals surface area contributed by atoms with Crippen LogP contribution in [0.3, 0.4) is 0 Å². The molecule has 3 nitrogen and oxygen atoms in total. The highest BCUT2D eigenvalue weighted by molar-refractivity contribution is 6.37. The highest BCUT2D eigenvalue weighted by atomic mass is 35.5. The number of hydrogen-bond donors (Lipinski definition) is 2. The fourth-order valence-corrected chi connectivity index (χ4v) is 3.14. The number of ether oxygens (including phenoxy) is 1. The zero-order valence-corrected chi connectivity index (χ0v) is 16.2. The molecule has 27 heavy (non-hydrogen) atoms. The van der Waals surface area contributed by atoms with E-state index in [9.17, 15) is 9.50 Å². The molecule has 140 valence electrons. The Labute approximate surface area is 171 Å². The second-order valence-electron chi connectivity index (χ2n) is 5.77. The van der Waals surface area contributed by atoms with Gasteiger partial charge in [-0.25, -0.2) is 4.39 Å². The van der Waals surface area contributed by atoms with Crippen LogP contribution < -0.4 is 10.1 Å². The van der Waals surface area contributed by atoms with Crippen molar-refractivity contribution in [3.63, 3.8) is 0 Å². The fourth-order valence-electron chi connectivity index (χ4n) is 2.46. The Morgan fingerprint density at radius 2 is 1.63 bits per heavy atom. The molecular weight excluding hydrogens is 412 g/mol. The number of rotatable bonds is 6. The first kappa shape index (κ1) is 19.6. The van der Waals surface area contributed by atoms with Gasteiger partial charge >= 0.3 is 0 Å². The summed E-state index contributed by atoms with van der Waals surface area (Å²) in [6, 6.07) is 14.8. The van der Waals surface area contributed by atoms with Crippen LogP contribution in [0, 0.1) is 5.82 Å². The van der Waals surface area contributed by atoms with Crippen molar-refractivity contribution in [3.8, 4) is 11.5 Å². The fraction of sp³-hybridized carbons (Fsp3) is 0.100. The number of halogens is 4. The van der Waals surface area contributed by atoms with Crippen LogP contribution in [0.2, 0.25) is 15.1 Å². The molecule has 3 rings (SSSR count). The van der Waals surface area contributed by atoms with E-state index in [0.29, 0.717) is 28.6 Å². The summed E-state index contributed by atoms with van der Waals surface area (Å²) < 4.78 is 19.6. The minimum absolute atomic E-state index is 0.0954. The zero-order chi connectivity index (χ0) is 19.4. The standard InChI is InChI=1S/C20H15Cl3FNO2/c21-14-5-6-19(27-11-12-3-1-2-4-18(12)24)13(7-14)10-25-15-8-16(22)20(26)17(23)9-15/h1-9,25-26H,10-11H2. The lowest BCUT2D eigenvalue weighted by molar-refractivity contribution is 0.297. The van der Waals surface area contributed by atoms with Crippen LogP contribution in [0.5, 0.6) is 11.5 Å². The van der Waals surface area contributed by atoms with Crippen LogP contribution in [-0.2, 0) is 13.2 Å². The number of phenols is 1. The van der Waals surface area contributed by atoms with E-state index in [1.165, 1.54) is 6.07 Å². The maximum absolute atomic E-state index is 13.8. The zero-order valence-electron chi connectivity index (χ0n) is 14.0. The van der Waals surface area contributed by atoms with E-state index < -0.39 is 0 Å². The number of hydrogen-bond acceptors (Lipinski definition) is 3. The molecule has 7 heteroatoms. The van der Waals surface area contributed by atoms with Gasteiger partial charge in [-0.1, -0.05) is 53.0 Å². The quantitative estimate of drug-likeness (QED) is 0.432. The van der Waals surface area contributed by atoms with E-state index in [1.54, 1.807) is 48.5 Å². The van der Waals surface area contributed by atoms with Crippen LogP contribution in [0.1, 0.15) is 11.1 Å². The molecule has 0 bridgehead atoms. The first-order valence-electron chi connectivity index (χ1n) is 8.00. The highest BCUT2D eigenvalue weighted by Gasteiger charge is 2.10. The average molecular weight is 427 g/mol. The molecular formula is C20H15Cl3FNO2. The Bertz CT molecular complexity index is 943. The van der Waals surface area contributed by atoms with Gasteiger partial charge in [0.2, 0.25) is 0 Å². The first-order chi connectivity index (χ1) is 12.9. The minimum Gasteiger partial charge on any atom is -0.505 e. The molecule has 0 fully saturated rings. The summed E-state index contributed by atoms with van der Waals surface area (Å²) in [6.45, 7) is 0.461. The van der Waals surface area contributed by atoms with Gasteiger partial charge in [-0.15, -0.1) is 0 Å². The van der Waals surface area contributed by atoms with E-state index in [0.717, 1.165) is 5.56 Å². The number of aromatic hydroxyl groups is 1. The number of phenolic OH excluding ortho intramolecular Hbond substituents is 1. The summed E-state index contributed by atoms with van der Waals surface area (Å²) in [5.41, 5.74) is 1.87. The maximum Gasteiger partial charge on any atom is 0.152 e. The van der Waals surface area contributed by atoms with Crippen molar-refractivity contribution >= 4 is 40.5 Å². The van der Waals surface area contributed by atoms with Gasteiger partial charge in [-0.2, -0.15) is 0 Å². The van der Waals surface area contributed by atoms with Crippen molar-refractivity contribution in [2.75, 3.05) is 5.32 Å². The molecule has 0 saturated carbocycles. The SMILES string of the molecule is Oc1c(Cl)cc(NCc2cc(Cl)ccc2OCc2ccccc2F)cc1Cl. The normalized spacial score (nSPS) is 10.7. The molecule has 3 aromatic rings. The molecule has 0 aliphatic heterocycles. The van der Waals surface area contributed by atoms with Crippen molar-refractivity contribution in [2.45, 2.75) is 13.2 Å². The van der Waals surface area contributed by atoms with Crippen molar-refractivity contribution in [3.05, 3.63) is 86.6 Å². The topological polar surface area (TPSA) is 41.5 Å². The van der Waals surface area contributed by atoms with Crippen LogP contribution >= 0.6 is 34.8 Å². The lowest BCUT2D eigenvalue weighted by atomic mass is 10.2. The molecule has 2 N–H and O–H groups in total. The van der Waals surface area contributed by atoms with Crippen molar-refractivity contribution in [1.82, 2.24) is 0 Å². The Kier molecular flexibility index (Phi) is 6.32. The predicted molar refractivity (Wildman–Crippen MR) is 108 cm³/mol. The Morgan fingerprint density at radius 1 is 0.926 bits per heavy atom. The molecule has 0 saturated heterocycles. The Hall–Kier alpha value is -2.14. The average Bonchev–Trinajstić information content (AvgIpc) is 2.64. The molecule has 0 unspecified atom stereocenters. The predicted octanol–water partition coefficient (Wildman–Crippen LogP) is 6.68. The summed E-state index contributed by atoms with van der Waals surface area (Å²) in [4.78, 5) is 0. The van der Waals surface area contributed by atoms with Crippen molar-refractivity contribution in [2.24, 2.45) is 0 Å². The van der Waals surface area contributed by atoms with E-state index in [2.05, 4.69) is 5.32 Å². The molecule has 0 radical (unpaired) electrons. The third-order valence-electron chi connectivity index (χ3n) is 3.86. The van der Waals surface area contributed by atoms with Crippen LogP contribution in [0.25, 0.3) is 0 Å². The van der Waals surface area contributed by atoms with Gasteiger partial charge in [0, 0.05) is 28.4 Å². The molecule has 0 aliphatic rings. The Morgan fingerprint density at radius 3 is 2.33 bits per heavy atom. The van der Waals surface area contributed by atoms with Crippen LogP contribution in [0.4, 0.5) is 10.1 Å². The number of anilines is 1. The molecule has 0 amide bonds. The number of benzene rings is 3. The number of nitrogens with one attached hydrogen (secondary N) is 1. The van der Waals surface area contributed by atoms with Gasteiger partial charge < -0.3 is 15.2 Å². The highest BCUT2D eigenvalue weighted by Crippen LogP contribution is 2.35. The van der Waals surface area contributed by atoms with Gasteiger partial charge in [0.1, 0.15) is 18.2 Å². The van der Waals surface area contributed by atoms with Crippen molar-refractivity contribution in [1.29, 1.82) is 0 Å². The summed E-state index contributed by atoms with van der Waals surface area (Å²) in [7, 11) is 0. The lowest BCUT2D eigenvalue weighted by Gasteiger charge is -2.14. The molecule has 0 aliphatic carbocycles. The summed E-state index contributed by atoms with van der Waals surface area (Å²) in [6.07, 6.45) is 0. The maximum atomic E-state index is 13.8. The third-order valence-corrected chi connectivity index (χ3v) is 4.67.